The smallest absolute Gasteiger partial charge is 0.153 e. The van der Waals surface area contributed by atoms with E-state index in [0.717, 1.165) is 60.5 Å². The molecule has 0 unspecified atom stereocenters. The molecule has 1 N–H and O–H groups in total. The molecule has 10 heteroatoms. The molecule has 0 saturated heterocycles. The maximum Gasteiger partial charge on any atom is 0.153 e. The first-order valence-electron chi connectivity index (χ1n) is 12.3. The Labute approximate surface area is 214 Å². The molecule has 1 fully saturated rings. The Kier molecular flexibility index (Phi) is 7.66. The number of methoxy groups -OCH3 is 1. The molecule has 2 heterocycles. The Bertz CT molecular complexity index is 1300. The summed E-state index contributed by atoms with van der Waals surface area (Å²) in [5.74, 6) is -0.250. The number of ether oxygens (including phenoxy) is 1. The molecular weight excluding hydrogens is 477 g/mol. The summed E-state index contributed by atoms with van der Waals surface area (Å²) < 4.78 is 23.0. The van der Waals surface area contributed by atoms with E-state index in [4.69, 9.17) is 4.74 Å². The van der Waals surface area contributed by atoms with Crippen molar-refractivity contribution >= 4 is 22.9 Å². The molecule has 190 valence electrons. The minimum atomic E-state index is -0.250. The zero-order valence-corrected chi connectivity index (χ0v) is 21.7. The Morgan fingerprint density at radius 1 is 1.14 bits per heavy atom. The first-order chi connectivity index (χ1) is 17.5. The number of aryl methyl sites for hydroxylation is 2. The van der Waals surface area contributed by atoms with Gasteiger partial charge in [0.15, 0.2) is 5.03 Å². The first kappa shape index (κ1) is 24.9. The van der Waals surface area contributed by atoms with Gasteiger partial charge < -0.3 is 10.1 Å². The van der Waals surface area contributed by atoms with E-state index in [1.54, 1.807) is 42.2 Å². The van der Waals surface area contributed by atoms with E-state index in [-0.39, 0.29) is 5.82 Å². The molecular formula is C26H32FN7OS. The van der Waals surface area contributed by atoms with Crippen LogP contribution in [0.15, 0.2) is 53.8 Å². The molecule has 0 amide bonds. The van der Waals surface area contributed by atoms with Crippen LogP contribution in [0.4, 0.5) is 4.39 Å². The van der Waals surface area contributed by atoms with Crippen LogP contribution in [0, 0.1) is 12.7 Å². The highest BCUT2D eigenvalue weighted by atomic mass is 32.2. The quantitative estimate of drug-likeness (QED) is 0.307. The molecule has 5 rings (SSSR count). The van der Waals surface area contributed by atoms with Gasteiger partial charge in [-0.15, -0.1) is 5.10 Å². The van der Waals surface area contributed by atoms with Crippen LogP contribution >= 0.6 is 11.9 Å². The summed E-state index contributed by atoms with van der Waals surface area (Å²) in [6.07, 6.45) is 7.16. The van der Waals surface area contributed by atoms with E-state index < -0.39 is 0 Å². The van der Waals surface area contributed by atoms with Gasteiger partial charge >= 0.3 is 0 Å². The van der Waals surface area contributed by atoms with Crippen LogP contribution in [0.5, 0.6) is 0 Å². The van der Waals surface area contributed by atoms with Gasteiger partial charge in [-0.2, -0.15) is 15.0 Å². The van der Waals surface area contributed by atoms with E-state index in [2.05, 4.69) is 44.0 Å². The van der Waals surface area contributed by atoms with Gasteiger partial charge in [0.1, 0.15) is 5.82 Å². The fraction of sp³-hybridized carbons (Fsp3) is 0.423. The lowest BCUT2D eigenvalue weighted by Gasteiger charge is -2.35. The Morgan fingerprint density at radius 3 is 2.67 bits per heavy atom. The molecule has 1 aliphatic rings. The van der Waals surface area contributed by atoms with Crippen molar-refractivity contribution in [2.75, 3.05) is 26.7 Å². The van der Waals surface area contributed by atoms with Gasteiger partial charge in [-0.3, -0.25) is 0 Å². The predicted molar refractivity (Wildman–Crippen MR) is 140 cm³/mol. The second-order valence-electron chi connectivity index (χ2n) is 9.29. The number of benzene rings is 2. The molecule has 8 nitrogen and oxygen atoms in total. The predicted octanol–water partition coefficient (Wildman–Crippen LogP) is 3.92. The van der Waals surface area contributed by atoms with Gasteiger partial charge in [-0.1, -0.05) is 0 Å². The summed E-state index contributed by atoms with van der Waals surface area (Å²) in [7, 11) is 3.62. The van der Waals surface area contributed by atoms with Crippen LogP contribution in [0.25, 0.3) is 16.6 Å². The van der Waals surface area contributed by atoms with Crippen LogP contribution in [0.2, 0.25) is 0 Å². The van der Waals surface area contributed by atoms with Crippen molar-refractivity contribution in [1.29, 1.82) is 0 Å². The number of fused-ring (bicyclic) bond motifs is 1. The van der Waals surface area contributed by atoms with Crippen LogP contribution in [0.3, 0.4) is 0 Å². The molecule has 0 spiro atoms. The monoisotopic (exact) mass is 509 g/mol. The average Bonchev–Trinajstić information content (AvgIpc) is 3.44. The molecule has 2 aromatic carbocycles. The highest BCUT2D eigenvalue weighted by Crippen LogP contribution is 2.26. The zero-order chi connectivity index (χ0) is 25.1. The fourth-order valence-electron chi connectivity index (χ4n) is 4.55. The highest BCUT2D eigenvalue weighted by Gasteiger charge is 2.28. The molecule has 0 radical (unpaired) electrons. The number of nitrogens with one attached hydrogen (secondary N) is 1. The number of nitrogens with zero attached hydrogens (tertiary/aromatic N) is 6. The third kappa shape index (κ3) is 5.78. The highest BCUT2D eigenvalue weighted by molar-refractivity contribution is 7.97. The normalized spacial score (nSPS) is 17.7. The maximum atomic E-state index is 13.4. The van der Waals surface area contributed by atoms with E-state index >= 15 is 0 Å². The minimum absolute atomic E-state index is 0.250. The summed E-state index contributed by atoms with van der Waals surface area (Å²) in [6, 6.07) is 11.4. The average molecular weight is 510 g/mol. The Balaban J connectivity index is 1.25. The Morgan fingerprint density at radius 2 is 1.94 bits per heavy atom. The summed E-state index contributed by atoms with van der Waals surface area (Å²) >= 11 is 1.65. The van der Waals surface area contributed by atoms with Crippen LogP contribution in [-0.4, -0.2) is 68.0 Å². The summed E-state index contributed by atoms with van der Waals surface area (Å²) in [4.78, 5) is 1.59. The van der Waals surface area contributed by atoms with E-state index in [0.29, 0.717) is 12.1 Å². The lowest BCUT2D eigenvalue weighted by molar-refractivity contribution is 0.0174. The molecule has 1 aliphatic carbocycles. The number of hydrogen-bond acceptors (Lipinski definition) is 7. The summed E-state index contributed by atoms with van der Waals surface area (Å²) in [5.41, 5.74) is 4.38. The van der Waals surface area contributed by atoms with Gasteiger partial charge in [0, 0.05) is 45.2 Å². The van der Waals surface area contributed by atoms with Crippen molar-refractivity contribution < 1.29 is 9.13 Å². The number of rotatable bonds is 11. The van der Waals surface area contributed by atoms with Gasteiger partial charge in [-0.25, -0.2) is 13.4 Å². The van der Waals surface area contributed by atoms with Crippen LogP contribution in [-0.2, 0) is 18.2 Å². The number of halogens is 1. The first-order valence-corrected chi connectivity index (χ1v) is 13.0. The summed E-state index contributed by atoms with van der Waals surface area (Å²) in [5, 5.41) is 18.8. The number of aromatic nitrogens is 5. The molecule has 0 aliphatic heterocycles. The summed E-state index contributed by atoms with van der Waals surface area (Å²) in [6.45, 7) is 4.84. The van der Waals surface area contributed by atoms with Crippen molar-refractivity contribution in [3.8, 4) is 5.69 Å². The standard InChI is InChI=1S/C26H32FN7OS/c1-18-12-25-20(16-30-34(25)23-6-4-21(27)5-7-23)13-19(18)8-10-33(36-26-17-29-32(2)31-26)11-9-28-22-14-24(15-22)35-3/h4-7,12-13,16-17,22,24,28H,8-11,14-15H2,1-3H3. The van der Waals surface area contributed by atoms with Crippen molar-refractivity contribution in [3.05, 3.63) is 65.7 Å². The lowest BCUT2D eigenvalue weighted by atomic mass is 9.89. The van der Waals surface area contributed by atoms with E-state index in [1.165, 1.54) is 23.3 Å². The Hall–Kier alpha value is -2.79. The van der Waals surface area contributed by atoms with Gasteiger partial charge in [-0.05, 0) is 85.7 Å². The lowest BCUT2D eigenvalue weighted by Crippen LogP contribution is -2.46. The minimum Gasteiger partial charge on any atom is -0.381 e. The van der Waals surface area contributed by atoms with Crippen molar-refractivity contribution in [1.82, 2.24) is 34.4 Å². The van der Waals surface area contributed by atoms with Gasteiger partial charge in [0.25, 0.3) is 0 Å². The fourth-order valence-corrected chi connectivity index (χ4v) is 5.43. The van der Waals surface area contributed by atoms with Gasteiger partial charge in [0.05, 0.1) is 29.7 Å². The second-order valence-corrected chi connectivity index (χ2v) is 10.4. The molecule has 36 heavy (non-hydrogen) atoms. The van der Waals surface area contributed by atoms with E-state index in [9.17, 15) is 4.39 Å². The molecule has 4 aromatic rings. The second kappa shape index (κ2) is 11.1. The van der Waals surface area contributed by atoms with Crippen LogP contribution < -0.4 is 5.32 Å². The largest absolute Gasteiger partial charge is 0.381 e. The number of hydrogen-bond donors (Lipinski definition) is 1. The third-order valence-electron chi connectivity index (χ3n) is 6.75. The topological polar surface area (TPSA) is 73.0 Å². The van der Waals surface area contributed by atoms with E-state index in [1.807, 2.05) is 17.9 Å². The zero-order valence-electron chi connectivity index (χ0n) is 20.9. The molecule has 2 aromatic heterocycles. The maximum absolute atomic E-state index is 13.4. The molecule has 1 saturated carbocycles. The molecule has 0 atom stereocenters. The van der Waals surface area contributed by atoms with Gasteiger partial charge in [0.2, 0.25) is 0 Å². The van der Waals surface area contributed by atoms with Crippen molar-refractivity contribution in [3.63, 3.8) is 0 Å². The van der Waals surface area contributed by atoms with Crippen molar-refractivity contribution in [2.45, 2.75) is 43.4 Å². The third-order valence-corrected chi connectivity index (χ3v) is 7.75. The van der Waals surface area contributed by atoms with Crippen LogP contribution in [0.1, 0.15) is 24.0 Å². The van der Waals surface area contributed by atoms with Crippen molar-refractivity contribution in [2.24, 2.45) is 7.05 Å². The molecule has 0 bridgehead atoms. The SMILES string of the molecule is COC1CC(NCCN(CCc2cc3cnn(-c4ccc(F)cc4)c3cc2C)Sc2cnn(C)n2)C1.